The first-order valence-corrected chi connectivity index (χ1v) is 11.2. The topological polar surface area (TPSA) is 198 Å². The Labute approximate surface area is 181 Å². The van der Waals surface area contributed by atoms with Gasteiger partial charge in [-0.15, -0.1) is 0 Å². The first kappa shape index (κ1) is 22.6. The number of hydrogen-bond donors (Lipinski definition) is 6. The second-order valence-corrected chi connectivity index (χ2v) is 9.22. The first-order valence-electron chi connectivity index (χ1n) is 9.63. The molecule has 4 rings (SSSR count). The number of aromatic amines is 1. The lowest BCUT2D eigenvalue weighted by molar-refractivity contribution is -0.0948. The molecule has 0 aliphatic carbocycles. The van der Waals surface area contributed by atoms with Crippen molar-refractivity contribution in [1.29, 1.82) is 0 Å². The van der Waals surface area contributed by atoms with Gasteiger partial charge in [0.15, 0.2) is 17.4 Å². The third-order valence-electron chi connectivity index (χ3n) is 5.20. The molecule has 32 heavy (non-hydrogen) atoms. The molecule has 13 nitrogen and oxygen atoms in total. The molecule has 1 aliphatic rings. The maximum Gasteiger partial charge on any atom is 0.403 e. The number of aliphatic hydroxyl groups is 2. The highest BCUT2D eigenvalue weighted by molar-refractivity contribution is 7.50. The Balaban J connectivity index is 1.48. The van der Waals surface area contributed by atoms with Gasteiger partial charge < -0.3 is 25.6 Å². The Hall–Kier alpha value is -2.64. The second-order valence-electron chi connectivity index (χ2n) is 7.61. The van der Waals surface area contributed by atoms with E-state index in [1.165, 1.54) is 17.8 Å². The highest BCUT2D eigenvalue weighted by atomic mass is 31.2. The van der Waals surface area contributed by atoms with Gasteiger partial charge in [-0.05, 0) is 12.5 Å². The monoisotopic (exact) mass is 466 g/mol. The van der Waals surface area contributed by atoms with Crippen molar-refractivity contribution in [2.24, 2.45) is 0 Å². The van der Waals surface area contributed by atoms with Gasteiger partial charge in [-0.1, -0.05) is 30.3 Å². The number of rotatable bonds is 7. The number of nitrogen functional groups attached to an aromatic ring is 1. The van der Waals surface area contributed by atoms with Crippen LogP contribution in [0.5, 0.6) is 0 Å². The van der Waals surface area contributed by atoms with Crippen molar-refractivity contribution in [2.75, 3.05) is 12.3 Å². The SMILES string of the molecule is C[C@]1(O)C(O)[C@@H](COP(=O)(O)NCc2ccccc2)O[C@H]1n1cnc2c(=O)[nH]c(N)nc21. The quantitative estimate of drug-likeness (QED) is 0.248. The number of benzene rings is 1. The standard InChI is InChI=1S/C18H23N6O7P/c1-18(27)13(25)11(8-30-32(28,29)21-7-10-5-3-2-4-6-10)31-16(18)24-9-20-12-14(24)22-17(19)23-15(12)26/h2-6,9,11,13,16,25,27H,7-8H2,1H3,(H2,21,28,29)(H3,19,22,23,26)/t11-,13?,16-,18+/m1/s1. The number of fused-ring (bicyclic) bond motifs is 1. The van der Waals surface area contributed by atoms with E-state index in [4.69, 9.17) is 15.0 Å². The van der Waals surface area contributed by atoms with Crippen molar-refractivity contribution >= 4 is 24.9 Å². The summed E-state index contributed by atoms with van der Waals surface area (Å²) in [6.45, 7) is 0.911. The molecule has 0 radical (unpaired) electrons. The zero-order chi connectivity index (χ0) is 23.1. The van der Waals surface area contributed by atoms with Crippen molar-refractivity contribution in [3.63, 3.8) is 0 Å². The average molecular weight is 466 g/mol. The van der Waals surface area contributed by atoms with Crippen LogP contribution in [0.25, 0.3) is 11.2 Å². The number of nitrogens with two attached hydrogens (primary N) is 1. The van der Waals surface area contributed by atoms with Crippen molar-refractivity contribution in [3.05, 3.63) is 52.6 Å². The van der Waals surface area contributed by atoms with E-state index in [1.807, 2.05) is 6.07 Å². The third-order valence-corrected chi connectivity index (χ3v) is 6.25. The number of aromatic nitrogens is 4. The summed E-state index contributed by atoms with van der Waals surface area (Å²) in [5, 5.41) is 23.9. The van der Waals surface area contributed by atoms with Crippen LogP contribution in [0.15, 0.2) is 41.5 Å². The number of imidazole rings is 1. The fraction of sp³-hybridized carbons (Fsp3) is 0.389. The largest absolute Gasteiger partial charge is 0.403 e. The number of anilines is 1. The molecule has 0 bridgehead atoms. The van der Waals surface area contributed by atoms with E-state index >= 15 is 0 Å². The summed E-state index contributed by atoms with van der Waals surface area (Å²) >= 11 is 0. The molecule has 2 unspecified atom stereocenters. The predicted molar refractivity (Wildman–Crippen MR) is 112 cm³/mol. The minimum absolute atomic E-state index is 0.0299. The molecule has 172 valence electrons. The van der Waals surface area contributed by atoms with Gasteiger partial charge in [0.2, 0.25) is 5.95 Å². The molecule has 1 fully saturated rings. The minimum Gasteiger partial charge on any atom is -0.387 e. The Morgan fingerprint density at radius 2 is 2.12 bits per heavy atom. The van der Waals surface area contributed by atoms with Crippen LogP contribution in [0.1, 0.15) is 18.7 Å². The first-order chi connectivity index (χ1) is 15.1. The molecule has 7 N–H and O–H groups in total. The number of hydrogen-bond acceptors (Lipinski definition) is 9. The minimum atomic E-state index is -4.23. The molecule has 3 heterocycles. The Kier molecular flexibility index (Phi) is 5.90. The highest BCUT2D eigenvalue weighted by Crippen LogP contribution is 2.42. The molecule has 0 amide bonds. The number of aliphatic hydroxyl groups excluding tert-OH is 1. The van der Waals surface area contributed by atoms with Crippen molar-refractivity contribution in [1.82, 2.24) is 24.6 Å². The number of H-pyrrole nitrogens is 1. The van der Waals surface area contributed by atoms with Crippen molar-refractivity contribution in [2.45, 2.75) is 37.5 Å². The Morgan fingerprint density at radius 3 is 2.84 bits per heavy atom. The third kappa shape index (κ3) is 4.32. The maximum absolute atomic E-state index is 12.3. The lowest BCUT2D eigenvalue weighted by Crippen LogP contribution is -2.44. The normalized spacial score (nSPS) is 27.6. The van der Waals surface area contributed by atoms with Crippen molar-refractivity contribution in [3.8, 4) is 0 Å². The number of nitrogens with zero attached hydrogens (tertiary/aromatic N) is 3. The lowest BCUT2D eigenvalue weighted by atomic mass is 9.96. The molecule has 5 atom stereocenters. The molecule has 1 aromatic carbocycles. The summed E-state index contributed by atoms with van der Waals surface area (Å²) in [5.74, 6) is -0.159. The summed E-state index contributed by atoms with van der Waals surface area (Å²) < 4.78 is 24.4. The number of ether oxygens (including phenoxy) is 1. The van der Waals surface area contributed by atoms with Gasteiger partial charge in [-0.25, -0.2) is 14.6 Å². The maximum atomic E-state index is 12.3. The molecular formula is C18H23N6O7P. The van der Waals surface area contributed by atoms with Gasteiger partial charge in [-0.2, -0.15) is 4.98 Å². The summed E-state index contributed by atoms with van der Waals surface area (Å²) in [5.41, 5.74) is 3.95. The van der Waals surface area contributed by atoms with Gasteiger partial charge in [0.25, 0.3) is 5.56 Å². The van der Waals surface area contributed by atoms with Gasteiger partial charge in [-0.3, -0.25) is 18.9 Å². The van der Waals surface area contributed by atoms with Crippen LogP contribution >= 0.6 is 7.75 Å². The van der Waals surface area contributed by atoms with E-state index in [0.29, 0.717) is 0 Å². The Morgan fingerprint density at radius 1 is 1.41 bits per heavy atom. The fourth-order valence-electron chi connectivity index (χ4n) is 3.50. The molecule has 3 aromatic rings. The summed E-state index contributed by atoms with van der Waals surface area (Å²) in [6.07, 6.45) is -2.65. The molecule has 0 spiro atoms. The van der Waals surface area contributed by atoms with Crippen LogP contribution in [0.2, 0.25) is 0 Å². The summed E-state index contributed by atoms with van der Waals surface area (Å²) in [7, 11) is -4.23. The summed E-state index contributed by atoms with van der Waals surface area (Å²) in [4.78, 5) is 32.3. The number of nitrogens with one attached hydrogen (secondary N) is 2. The zero-order valence-electron chi connectivity index (χ0n) is 17.0. The molecule has 1 saturated heterocycles. The lowest BCUT2D eigenvalue weighted by Gasteiger charge is -2.27. The van der Waals surface area contributed by atoms with E-state index in [9.17, 15) is 24.5 Å². The van der Waals surface area contributed by atoms with E-state index < -0.39 is 43.9 Å². The van der Waals surface area contributed by atoms with Crippen molar-refractivity contribution < 1.29 is 28.9 Å². The van der Waals surface area contributed by atoms with E-state index in [1.54, 1.807) is 24.3 Å². The van der Waals surface area contributed by atoms with Crippen LogP contribution in [-0.4, -0.2) is 59.0 Å². The van der Waals surface area contributed by atoms with E-state index in [2.05, 4.69) is 20.0 Å². The predicted octanol–water partition coefficient (Wildman–Crippen LogP) is -0.382. The smallest absolute Gasteiger partial charge is 0.387 e. The molecule has 2 aromatic heterocycles. The van der Waals surface area contributed by atoms with E-state index in [-0.39, 0.29) is 23.7 Å². The van der Waals surface area contributed by atoms with Crippen LogP contribution in [-0.2, 0) is 20.4 Å². The van der Waals surface area contributed by atoms with Crippen LogP contribution in [0, 0.1) is 0 Å². The average Bonchev–Trinajstić information content (AvgIpc) is 3.25. The highest BCUT2D eigenvalue weighted by Gasteiger charge is 2.54. The zero-order valence-corrected chi connectivity index (χ0v) is 17.8. The van der Waals surface area contributed by atoms with Gasteiger partial charge in [0.1, 0.15) is 17.8 Å². The van der Waals surface area contributed by atoms with Gasteiger partial charge in [0, 0.05) is 6.54 Å². The van der Waals surface area contributed by atoms with Gasteiger partial charge >= 0.3 is 7.75 Å². The van der Waals surface area contributed by atoms with E-state index in [0.717, 1.165) is 5.56 Å². The van der Waals surface area contributed by atoms with Crippen LogP contribution in [0.4, 0.5) is 5.95 Å². The second kappa shape index (κ2) is 8.37. The fourth-order valence-corrected chi connectivity index (χ4v) is 4.32. The molecule has 14 heteroatoms. The van der Waals surface area contributed by atoms with Crippen LogP contribution in [0.3, 0.4) is 0 Å². The van der Waals surface area contributed by atoms with Crippen LogP contribution < -0.4 is 16.4 Å². The summed E-state index contributed by atoms with van der Waals surface area (Å²) in [6, 6.07) is 8.96. The molecule has 1 aliphatic heterocycles. The molecular weight excluding hydrogens is 443 g/mol. The Bertz CT molecular complexity index is 1210. The van der Waals surface area contributed by atoms with Gasteiger partial charge in [0.05, 0.1) is 12.9 Å². The molecule has 0 saturated carbocycles.